The molecule has 1 saturated carbocycles. The van der Waals surface area contributed by atoms with Crippen LogP contribution in [-0.2, 0) is 0 Å². The molecule has 0 aliphatic heterocycles. The Labute approximate surface area is 106 Å². The first-order valence-electron chi connectivity index (χ1n) is 5.79. The summed E-state index contributed by atoms with van der Waals surface area (Å²) >= 11 is 2.39. The Kier molecular flexibility index (Phi) is 4.03. The third-order valence-corrected chi connectivity index (χ3v) is 4.40. The Morgan fingerprint density at radius 2 is 1.80 bits per heavy atom. The Morgan fingerprint density at radius 3 is 2.47 bits per heavy atom. The molecule has 2 N–H and O–H groups in total. The number of rotatable bonds is 2. The van der Waals surface area contributed by atoms with Crippen LogP contribution in [0, 0.1) is 9.49 Å². The second-order valence-electron chi connectivity index (χ2n) is 4.45. The lowest BCUT2D eigenvalue weighted by atomic mass is 9.81. The summed E-state index contributed by atoms with van der Waals surface area (Å²) < 4.78 is 1.31. The average molecular weight is 315 g/mol. The van der Waals surface area contributed by atoms with Gasteiger partial charge in [-0.15, -0.1) is 0 Å². The van der Waals surface area contributed by atoms with Gasteiger partial charge in [0.1, 0.15) is 0 Å². The lowest BCUT2D eigenvalue weighted by Gasteiger charge is -2.28. The van der Waals surface area contributed by atoms with Crippen LogP contribution in [0.25, 0.3) is 0 Å². The van der Waals surface area contributed by atoms with Gasteiger partial charge in [0.15, 0.2) is 0 Å². The fourth-order valence-corrected chi connectivity index (χ4v) is 3.24. The summed E-state index contributed by atoms with van der Waals surface area (Å²) in [6.07, 6.45) is 6.75. The van der Waals surface area contributed by atoms with E-state index in [0.717, 1.165) is 0 Å². The van der Waals surface area contributed by atoms with Crippen molar-refractivity contribution in [3.8, 4) is 0 Å². The van der Waals surface area contributed by atoms with Gasteiger partial charge >= 0.3 is 0 Å². The first-order chi connectivity index (χ1) is 7.29. The average Bonchev–Trinajstić information content (AvgIpc) is 2.30. The number of halogens is 1. The van der Waals surface area contributed by atoms with E-state index in [2.05, 4.69) is 46.9 Å². The van der Waals surface area contributed by atoms with Crippen LogP contribution in [0.1, 0.15) is 43.7 Å². The first-order valence-corrected chi connectivity index (χ1v) is 6.87. The number of hydrogen-bond donors (Lipinski definition) is 1. The molecule has 0 spiro atoms. The summed E-state index contributed by atoms with van der Waals surface area (Å²) in [7, 11) is 0. The van der Waals surface area contributed by atoms with Crippen molar-refractivity contribution in [2.24, 2.45) is 11.7 Å². The van der Waals surface area contributed by atoms with E-state index in [1.54, 1.807) is 0 Å². The fraction of sp³-hybridized carbons (Fsp3) is 0.538. The van der Waals surface area contributed by atoms with Crippen molar-refractivity contribution in [2.45, 2.75) is 38.1 Å². The first kappa shape index (κ1) is 11.4. The zero-order chi connectivity index (χ0) is 10.7. The highest BCUT2D eigenvalue weighted by Gasteiger charge is 2.22. The maximum Gasteiger partial charge on any atom is 0.0334 e. The van der Waals surface area contributed by atoms with Crippen LogP contribution in [0.2, 0.25) is 0 Å². The minimum Gasteiger partial charge on any atom is -0.324 e. The summed E-state index contributed by atoms with van der Waals surface area (Å²) in [4.78, 5) is 0. The molecule has 1 nitrogen and oxygen atoms in total. The molecule has 0 aromatic heterocycles. The van der Waals surface area contributed by atoms with Crippen LogP contribution >= 0.6 is 22.6 Å². The molecule has 0 radical (unpaired) electrons. The SMILES string of the molecule is N[C@@H](c1ccccc1I)C1CCCCC1. The second kappa shape index (κ2) is 5.30. The van der Waals surface area contributed by atoms with Crippen molar-refractivity contribution < 1.29 is 0 Å². The molecule has 2 rings (SSSR count). The van der Waals surface area contributed by atoms with Crippen LogP contribution in [0.3, 0.4) is 0 Å². The van der Waals surface area contributed by atoms with Gasteiger partial charge in [-0.1, -0.05) is 37.5 Å². The molecule has 1 atom stereocenters. The standard InChI is InChI=1S/C13H18IN/c14-12-9-5-4-8-11(12)13(15)10-6-2-1-3-7-10/h4-5,8-10,13H,1-3,6-7,15H2/t13-/m1/s1. The smallest absolute Gasteiger partial charge is 0.0334 e. The Hall–Kier alpha value is -0.0900. The van der Waals surface area contributed by atoms with Crippen molar-refractivity contribution in [3.05, 3.63) is 33.4 Å². The van der Waals surface area contributed by atoms with Gasteiger partial charge < -0.3 is 5.73 Å². The highest BCUT2D eigenvalue weighted by molar-refractivity contribution is 14.1. The molecule has 1 aliphatic carbocycles. The molecule has 1 fully saturated rings. The van der Waals surface area contributed by atoms with Crippen molar-refractivity contribution in [1.29, 1.82) is 0 Å². The predicted molar refractivity (Wildman–Crippen MR) is 72.7 cm³/mol. The van der Waals surface area contributed by atoms with E-state index in [9.17, 15) is 0 Å². The summed E-state index contributed by atoms with van der Waals surface area (Å²) in [5.74, 6) is 0.703. The third-order valence-electron chi connectivity index (χ3n) is 3.42. The van der Waals surface area contributed by atoms with E-state index >= 15 is 0 Å². The lowest BCUT2D eigenvalue weighted by Crippen LogP contribution is -2.24. The maximum absolute atomic E-state index is 6.37. The minimum atomic E-state index is 0.249. The second-order valence-corrected chi connectivity index (χ2v) is 5.61. The molecule has 82 valence electrons. The fourth-order valence-electron chi connectivity index (χ4n) is 2.49. The van der Waals surface area contributed by atoms with Crippen LogP contribution in [0.15, 0.2) is 24.3 Å². The van der Waals surface area contributed by atoms with Crippen LogP contribution < -0.4 is 5.73 Å². The molecule has 0 amide bonds. The Balaban J connectivity index is 2.12. The number of nitrogens with two attached hydrogens (primary N) is 1. The van der Waals surface area contributed by atoms with E-state index < -0.39 is 0 Å². The quantitative estimate of drug-likeness (QED) is 0.824. The van der Waals surface area contributed by atoms with Gasteiger partial charge in [0.2, 0.25) is 0 Å². The lowest BCUT2D eigenvalue weighted by molar-refractivity contribution is 0.307. The molecule has 0 bridgehead atoms. The summed E-state index contributed by atoms with van der Waals surface area (Å²) in [6.45, 7) is 0. The summed E-state index contributed by atoms with van der Waals surface area (Å²) in [6, 6.07) is 8.76. The van der Waals surface area contributed by atoms with E-state index in [0.29, 0.717) is 5.92 Å². The number of hydrogen-bond acceptors (Lipinski definition) is 1. The normalized spacial score (nSPS) is 20.1. The van der Waals surface area contributed by atoms with E-state index in [4.69, 9.17) is 5.73 Å². The van der Waals surface area contributed by atoms with Gasteiger partial charge in [-0.25, -0.2) is 0 Å². The number of benzene rings is 1. The van der Waals surface area contributed by atoms with Gasteiger partial charge in [-0.3, -0.25) is 0 Å². The largest absolute Gasteiger partial charge is 0.324 e. The minimum absolute atomic E-state index is 0.249. The van der Waals surface area contributed by atoms with Crippen LogP contribution in [-0.4, -0.2) is 0 Å². The van der Waals surface area contributed by atoms with E-state index in [-0.39, 0.29) is 6.04 Å². The Morgan fingerprint density at radius 1 is 1.13 bits per heavy atom. The van der Waals surface area contributed by atoms with Gasteiger partial charge in [0.05, 0.1) is 0 Å². The van der Waals surface area contributed by atoms with E-state index in [1.165, 1.54) is 41.2 Å². The van der Waals surface area contributed by atoms with Crippen LogP contribution in [0.4, 0.5) is 0 Å². The van der Waals surface area contributed by atoms with Gasteiger partial charge in [0, 0.05) is 9.61 Å². The zero-order valence-corrected chi connectivity index (χ0v) is 11.1. The van der Waals surface area contributed by atoms with Crippen molar-refractivity contribution in [3.63, 3.8) is 0 Å². The third kappa shape index (κ3) is 2.72. The summed E-state index contributed by atoms with van der Waals surface area (Å²) in [5, 5.41) is 0. The highest BCUT2D eigenvalue weighted by atomic mass is 127. The molecule has 2 heteroatoms. The van der Waals surface area contributed by atoms with Gasteiger partial charge in [-0.2, -0.15) is 0 Å². The molecular weight excluding hydrogens is 297 g/mol. The Bertz CT molecular complexity index is 318. The molecule has 1 aromatic rings. The molecule has 0 heterocycles. The van der Waals surface area contributed by atoms with Crippen molar-refractivity contribution >= 4 is 22.6 Å². The van der Waals surface area contributed by atoms with E-state index in [1.807, 2.05) is 0 Å². The predicted octanol–water partition coefficient (Wildman–Crippen LogP) is 3.87. The van der Waals surface area contributed by atoms with Gasteiger partial charge in [0.25, 0.3) is 0 Å². The molecule has 1 aromatic carbocycles. The highest BCUT2D eigenvalue weighted by Crippen LogP contribution is 2.34. The van der Waals surface area contributed by atoms with Crippen LogP contribution in [0.5, 0.6) is 0 Å². The molecule has 1 aliphatic rings. The van der Waals surface area contributed by atoms with Crippen molar-refractivity contribution in [2.75, 3.05) is 0 Å². The summed E-state index contributed by atoms with van der Waals surface area (Å²) in [5.41, 5.74) is 7.70. The molecule has 15 heavy (non-hydrogen) atoms. The molecular formula is C13H18IN. The van der Waals surface area contributed by atoms with Gasteiger partial charge in [-0.05, 0) is 53.0 Å². The molecule has 0 saturated heterocycles. The monoisotopic (exact) mass is 315 g/mol. The topological polar surface area (TPSA) is 26.0 Å². The van der Waals surface area contributed by atoms with Crippen molar-refractivity contribution in [1.82, 2.24) is 0 Å². The zero-order valence-electron chi connectivity index (χ0n) is 8.95. The molecule has 0 unspecified atom stereocenters. The maximum atomic E-state index is 6.37.